The van der Waals surface area contributed by atoms with Gasteiger partial charge in [0, 0.05) is 0 Å². The van der Waals surface area contributed by atoms with Gasteiger partial charge in [0.15, 0.2) is 6.61 Å². The number of carbonyl (C=O) groups excluding carboxylic acids is 3. The minimum Gasteiger partial charge on any atom is -0.483 e. The molecule has 2 N–H and O–H groups in total. The summed E-state index contributed by atoms with van der Waals surface area (Å²) in [5, 5.41) is 2.97. The van der Waals surface area contributed by atoms with Gasteiger partial charge in [0.1, 0.15) is 11.3 Å². The first-order valence-corrected chi connectivity index (χ1v) is 8.43. The van der Waals surface area contributed by atoms with Gasteiger partial charge in [0.25, 0.3) is 11.8 Å². The fourth-order valence-electron chi connectivity index (χ4n) is 2.83. The molecule has 10 heteroatoms. The highest BCUT2D eigenvalue weighted by Gasteiger charge is 2.50. The lowest BCUT2D eigenvalue weighted by Gasteiger charge is -2.22. The molecule has 2 aromatic carbocycles. The van der Waals surface area contributed by atoms with Gasteiger partial charge in [-0.15, -0.1) is 0 Å². The fourth-order valence-corrected chi connectivity index (χ4v) is 2.83. The third-order valence-electron chi connectivity index (χ3n) is 4.33. The van der Waals surface area contributed by atoms with E-state index in [-0.39, 0.29) is 0 Å². The standard InChI is InChI=1S/C19H16F3N3O4/c1-18(12-7-3-2-4-8-12)16(27)25(17(28)23-18)24-15(26)11-29-14-10-6-5-9-13(14)19(20,21)22/h2-10H,11H2,1H3,(H,23,28)(H,24,26). The molecule has 0 aliphatic carbocycles. The maximum atomic E-state index is 13.0. The van der Waals surface area contributed by atoms with E-state index >= 15 is 0 Å². The number of para-hydroxylation sites is 1. The second kappa shape index (κ2) is 7.46. The molecule has 29 heavy (non-hydrogen) atoms. The van der Waals surface area contributed by atoms with Gasteiger partial charge < -0.3 is 10.1 Å². The van der Waals surface area contributed by atoms with E-state index in [1.165, 1.54) is 19.1 Å². The highest BCUT2D eigenvalue weighted by molar-refractivity contribution is 6.08. The van der Waals surface area contributed by atoms with Crippen molar-refractivity contribution in [1.82, 2.24) is 15.8 Å². The number of benzene rings is 2. The van der Waals surface area contributed by atoms with Crippen molar-refractivity contribution >= 4 is 17.8 Å². The number of hydrogen-bond donors (Lipinski definition) is 2. The molecule has 1 heterocycles. The average Bonchev–Trinajstić information content (AvgIpc) is 2.90. The third-order valence-corrected chi connectivity index (χ3v) is 4.33. The van der Waals surface area contributed by atoms with E-state index in [1.54, 1.807) is 30.3 Å². The molecular formula is C19H16F3N3O4. The van der Waals surface area contributed by atoms with Crippen molar-refractivity contribution < 1.29 is 32.3 Å². The lowest BCUT2D eigenvalue weighted by Crippen LogP contribution is -2.49. The Labute approximate surface area is 163 Å². The molecule has 0 aromatic heterocycles. The number of rotatable bonds is 5. The van der Waals surface area contributed by atoms with E-state index in [1.807, 2.05) is 0 Å². The summed E-state index contributed by atoms with van der Waals surface area (Å²) in [7, 11) is 0. The van der Waals surface area contributed by atoms with Crippen molar-refractivity contribution in [2.24, 2.45) is 0 Å². The van der Waals surface area contributed by atoms with Crippen molar-refractivity contribution in [3.05, 3.63) is 65.7 Å². The van der Waals surface area contributed by atoms with E-state index in [2.05, 4.69) is 10.7 Å². The number of ether oxygens (including phenoxy) is 1. The van der Waals surface area contributed by atoms with E-state index in [4.69, 9.17) is 4.74 Å². The van der Waals surface area contributed by atoms with Crippen LogP contribution in [0.15, 0.2) is 54.6 Å². The molecule has 2 aromatic rings. The number of nitrogens with one attached hydrogen (secondary N) is 2. The van der Waals surface area contributed by atoms with Crippen LogP contribution < -0.4 is 15.5 Å². The number of hydrazine groups is 1. The van der Waals surface area contributed by atoms with E-state index < -0.39 is 47.5 Å². The molecule has 1 saturated heterocycles. The summed E-state index contributed by atoms with van der Waals surface area (Å²) in [6, 6.07) is 11.9. The average molecular weight is 407 g/mol. The van der Waals surface area contributed by atoms with Crippen LogP contribution in [-0.4, -0.2) is 29.5 Å². The summed E-state index contributed by atoms with van der Waals surface area (Å²) in [5.74, 6) is -2.25. The molecule has 1 fully saturated rings. The molecule has 0 radical (unpaired) electrons. The van der Waals surface area contributed by atoms with Crippen molar-refractivity contribution in [2.75, 3.05) is 6.61 Å². The van der Waals surface area contributed by atoms with E-state index in [0.29, 0.717) is 10.6 Å². The lowest BCUT2D eigenvalue weighted by molar-refractivity contribution is -0.141. The largest absolute Gasteiger partial charge is 0.483 e. The van der Waals surface area contributed by atoms with Crippen LogP contribution in [0.5, 0.6) is 5.75 Å². The van der Waals surface area contributed by atoms with Gasteiger partial charge in [0.05, 0.1) is 5.56 Å². The Balaban J connectivity index is 1.68. The topological polar surface area (TPSA) is 87.7 Å². The van der Waals surface area contributed by atoms with Gasteiger partial charge >= 0.3 is 12.2 Å². The van der Waals surface area contributed by atoms with Gasteiger partial charge in [0.2, 0.25) is 0 Å². The molecule has 4 amide bonds. The third kappa shape index (κ3) is 4.00. The van der Waals surface area contributed by atoms with E-state index in [9.17, 15) is 27.6 Å². The van der Waals surface area contributed by atoms with Crippen LogP contribution in [0, 0.1) is 0 Å². The Kier molecular flexibility index (Phi) is 5.19. The second-order valence-corrected chi connectivity index (χ2v) is 6.38. The molecule has 3 rings (SSSR count). The van der Waals surface area contributed by atoms with E-state index in [0.717, 1.165) is 12.1 Å². The predicted octanol–water partition coefficient (Wildman–Crippen LogP) is 2.58. The molecule has 1 aliphatic heterocycles. The smallest absolute Gasteiger partial charge is 0.419 e. The number of nitrogens with zero attached hydrogens (tertiary/aromatic N) is 1. The Morgan fingerprint density at radius 1 is 1.10 bits per heavy atom. The maximum Gasteiger partial charge on any atom is 0.419 e. The number of halogens is 3. The Morgan fingerprint density at radius 2 is 1.72 bits per heavy atom. The summed E-state index contributed by atoms with van der Waals surface area (Å²) in [6.07, 6.45) is -4.66. The molecule has 1 aliphatic rings. The van der Waals surface area contributed by atoms with Crippen LogP contribution >= 0.6 is 0 Å². The monoisotopic (exact) mass is 407 g/mol. The van der Waals surface area contributed by atoms with Crippen molar-refractivity contribution in [1.29, 1.82) is 0 Å². The first kappa shape index (κ1) is 20.2. The SMILES string of the molecule is CC1(c2ccccc2)NC(=O)N(NC(=O)COc2ccccc2C(F)(F)F)C1=O. The molecule has 0 spiro atoms. The van der Waals surface area contributed by atoms with Gasteiger partial charge in [-0.3, -0.25) is 15.0 Å². The quantitative estimate of drug-likeness (QED) is 0.746. The Hall–Kier alpha value is -3.56. The Morgan fingerprint density at radius 3 is 2.38 bits per heavy atom. The molecule has 1 unspecified atom stereocenters. The van der Waals surface area contributed by atoms with Crippen molar-refractivity contribution in [2.45, 2.75) is 18.6 Å². The summed E-state index contributed by atoms with van der Waals surface area (Å²) < 4.78 is 43.8. The molecule has 1 atom stereocenters. The Bertz CT molecular complexity index is 949. The van der Waals surface area contributed by atoms with Crippen LogP contribution in [0.25, 0.3) is 0 Å². The normalized spacial score (nSPS) is 19.1. The number of carbonyl (C=O) groups is 3. The van der Waals surface area contributed by atoms with Crippen molar-refractivity contribution in [3.8, 4) is 5.75 Å². The van der Waals surface area contributed by atoms with Crippen LogP contribution in [0.1, 0.15) is 18.1 Å². The summed E-state index contributed by atoms with van der Waals surface area (Å²) in [6.45, 7) is 0.650. The minimum atomic E-state index is -4.66. The lowest BCUT2D eigenvalue weighted by atomic mass is 9.92. The number of urea groups is 1. The molecule has 152 valence electrons. The van der Waals surface area contributed by atoms with Crippen LogP contribution in [0.3, 0.4) is 0 Å². The fraction of sp³-hybridized carbons (Fsp3) is 0.211. The molecule has 7 nitrogen and oxygen atoms in total. The summed E-state index contributed by atoms with van der Waals surface area (Å²) in [5.41, 5.74) is 0.128. The zero-order valence-electron chi connectivity index (χ0n) is 15.1. The van der Waals surface area contributed by atoms with Gasteiger partial charge in [-0.1, -0.05) is 42.5 Å². The molecular weight excluding hydrogens is 391 g/mol. The van der Waals surface area contributed by atoms with Crippen LogP contribution in [0.2, 0.25) is 0 Å². The second-order valence-electron chi connectivity index (χ2n) is 6.38. The summed E-state index contributed by atoms with van der Waals surface area (Å²) >= 11 is 0. The zero-order chi connectivity index (χ0) is 21.2. The number of imide groups is 1. The number of amides is 4. The number of alkyl halides is 3. The first-order chi connectivity index (χ1) is 13.6. The van der Waals surface area contributed by atoms with Gasteiger partial charge in [-0.25, -0.2) is 4.79 Å². The molecule has 0 bridgehead atoms. The highest BCUT2D eigenvalue weighted by atomic mass is 19.4. The zero-order valence-corrected chi connectivity index (χ0v) is 15.1. The van der Waals surface area contributed by atoms with Gasteiger partial charge in [-0.05, 0) is 24.6 Å². The number of hydrogen-bond acceptors (Lipinski definition) is 4. The predicted molar refractivity (Wildman–Crippen MR) is 94.3 cm³/mol. The van der Waals surface area contributed by atoms with Gasteiger partial charge in [-0.2, -0.15) is 18.2 Å². The minimum absolute atomic E-state index is 0.481. The van der Waals surface area contributed by atoms with Crippen LogP contribution in [-0.2, 0) is 21.3 Å². The summed E-state index contributed by atoms with van der Waals surface area (Å²) in [4.78, 5) is 36.9. The maximum absolute atomic E-state index is 13.0. The van der Waals surface area contributed by atoms with Crippen molar-refractivity contribution in [3.63, 3.8) is 0 Å². The van der Waals surface area contributed by atoms with Crippen LogP contribution in [0.4, 0.5) is 18.0 Å². The molecule has 0 saturated carbocycles. The first-order valence-electron chi connectivity index (χ1n) is 8.43. The highest BCUT2D eigenvalue weighted by Crippen LogP contribution is 2.35.